The topological polar surface area (TPSA) is 75.4 Å². The molecule has 0 saturated carbocycles. The lowest BCUT2D eigenvalue weighted by Crippen LogP contribution is -2.41. The molecule has 0 unspecified atom stereocenters. The van der Waals surface area contributed by atoms with Gasteiger partial charge in [0.15, 0.2) is 5.65 Å². The largest absolute Gasteiger partial charge is 0.355 e. The summed E-state index contributed by atoms with van der Waals surface area (Å²) in [5.74, 6) is 1.09. The molecule has 7 heteroatoms. The van der Waals surface area contributed by atoms with Crippen molar-refractivity contribution < 1.29 is 4.79 Å². The van der Waals surface area contributed by atoms with Gasteiger partial charge in [-0.25, -0.2) is 0 Å². The highest BCUT2D eigenvalue weighted by molar-refractivity contribution is 5.79. The Morgan fingerprint density at radius 1 is 1.15 bits per heavy atom. The van der Waals surface area contributed by atoms with Crippen molar-refractivity contribution in [2.45, 2.75) is 25.8 Å². The highest BCUT2D eigenvalue weighted by atomic mass is 16.1. The second-order valence-electron chi connectivity index (χ2n) is 6.73. The molecule has 134 valence electrons. The minimum atomic E-state index is 0.0274. The first-order valence-electron chi connectivity index (χ1n) is 8.98. The maximum atomic E-state index is 12.6. The van der Waals surface area contributed by atoms with E-state index >= 15 is 0 Å². The third-order valence-electron chi connectivity index (χ3n) is 5.00. The number of hydrogen-bond donors (Lipinski definition) is 1. The van der Waals surface area contributed by atoms with Crippen molar-refractivity contribution in [1.29, 1.82) is 0 Å². The fourth-order valence-electron chi connectivity index (χ4n) is 3.41. The zero-order valence-electron chi connectivity index (χ0n) is 14.7. The predicted octanol–water partition coefficient (Wildman–Crippen LogP) is 2.22. The van der Waals surface area contributed by atoms with E-state index in [2.05, 4.69) is 25.5 Å². The Labute approximate surface area is 152 Å². The van der Waals surface area contributed by atoms with Crippen LogP contribution >= 0.6 is 0 Å². The van der Waals surface area contributed by atoms with Crippen LogP contribution in [0, 0.1) is 5.92 Å². The number of fused-ring (bicyclic) bond motifs is 1. The summed E-state index contributed by atoms with van der Waals surface area (Å²) in [6, 6.07) is 14.0. The third kappa shape index (κ3) is 3.37. The van der Waals surface area contributed by atoms with Crippen molar-refractivity contribution in [3.63, 3.8) is 0 Å². The van der Waals surface area contributed by atoms with Crippen LogP contribution in [0.4, 0.5) is 5.82 Å². The Hall–Kier alpha value is -2.96. The highest BCUT2D eigenvalue weighted by Crippen LogP contribution is 2.23. The molecule has 0 radical (unpaired) electrons. The summed E-state index contributed by atoms with van der Waals surface area (Å²) >= 11 is 0. The molecule has 26 heavy (non-hydrogen) atoms. The summed E-state index contributed by atoms with van der Waals surface area (Å²) in [6.45, 7) is 3.66. The Morgan fingerprint density at radius 3 is 2.69 bits per heavy atom. The van der Waals surface area contributed by atoms with Crippen LogP contribution in [-0.4, -0.2) is 38.8 Å². The molecule has 3 heterocycles. The van der Waals surface area contributed by atoms with Crippen LogP contribution in [0.1, 0.15) is 31.4 Å². The Kier molecular flexibility index (Phi) is 4.51. The van der Waals surface area contributed by atoms with Gasteiger partial charge in [0.25, 0.3) is 0 Å². The van der Waals surface area contributed by atoms with Crippen LogP contribution in [0.2, 0.25) is 0 Å². The Bertz CT molecular complexity index is 885. The van der Waals surface area contributed by atoms with Gasteiger partial charge >= 0.3 is 0 Å². The van der Waals surface area contributed by atoms with Crippen LogP contribution in [0.3, 0.4) is 0 Å². The SMILES string of the molecule is C[C@H](NC(=O)C1CCN(c2ccc3nncn3n2)CC1)c1ccccc1. The monoisotopic (exact) mass is 350 g/mol. The second-order valence-corrected chi connectivity index (χ2v) is 6.73. The maximum absolute atomic E-state index is 12.6. The zero-order chi connectivity index (χ0) is 17.9. The van der Waals surface area contributed by atoms with E-state index < -0.39 is 0 Å². The molecule has 1 fully saturated rings. The molecule has 1 aromatic carbocycles. The van der Waals surface area contributed by atoms with Gasteiger partial charge < -0.3 is 10.2 Å². The summed E-state index contributed by atoms with van der Waals surface area (Å²) in [4.78, 5) is 14.8. The van der Waals surface area contributed by atoms with Gasteiger partial charge in [0.2, 0.25) is 5.91 Å². The van der Waals surface area contributed by atoms with E-state index in [0.717, 1.165) is 43.0 Å². The maximum Gasteiger partial charge on any atom is 0.223 e. The van der Waals surface area contributed by atoms with E-state index in [1.54, 1.807) is 10.8 Å². The third-order valence-corrected chi connectivity index (χ3v) is 5.00. The Balaban J connectivity index is 1.34. The molecule has 1 atom stereocenters. The van der Waals surface area contributed by atoms with Crippen LogP contribution in [0.5, 0.6) is 0 Å². The van der Waals surface area contributed by atoms with E-state index in [0.29, 0.717) is 0 Å². The first-order valence-corrected chi connectivity index (χ1v) is 8.98. The van der Waals surface area contributed by atoms with E-state index in [4.69, 9.17) is 0 Å². The summed E-state index contributed by atoms with van der Waals surface area (Å²) in [5, 5.41) is 15.5. The second kappa shape index (κ2) is 7.11. The van der Waals surface area contributed by atoms with Crippen molar-refractivity contribution in [3.05, 3.63) is 54.4 Å². The number of amides is 1. The van der Waals surface area contributed by atoms with E-state index in [1.165, 1.54) is 0 Å². The van der Waals surface area contributed by atoms with Crippen LogP contribution < -0.4 is 10.2 Å². The van der Waals surface area contributed by atoms with Crippen LogP contribution in [0.25, 0.3) is 5.65 Å². The van der Waals surface area contributed by atoms with Gasteiger partial charge in [0.05, 0.1) is 6.04 Å². The van der Waals surface area contributed by atoms with Crippen molar-refractivity contribution in [1.82, 2.24) is 25.1 Å². The van der Waals surface area contributed by atoms with Gasteiger partial charge in [0.1, 0.15) is 12.1 Å². The zero-order valence-corrected chi connectivity index (χ0v) is 14.7. The normalized spacial score (nSPS) is 16.6. The van der Waals surface area contributed by atoms with Gasteiger partial charge in [-0.15, -0.1) is 15.3 Å². The molecule has 1 saturated heterocycles. The van der Waals surface area contributed by atoms with Gasteiger partial charge in [-0.3, -0.25) is 4.79 Å². The number of hydrogen-bond acceptors (Lipinski definition) is 5. The number of piperidine rings is 1. The van der Waals surface area contributed by atoms with Crippen LogP contribution in [-0.2, 0) is 4.79 Å². The summed E-state index contributed by atoms with van der Waals surface area (Å²) < 4.78 is 1.68. The predicted molar refractivity (Wildman–Crippen MR) is 98.7 cm³/mol. The molecule has 1 N–H and O–H groups in total. The fourth-order valence-corrected chi connectivity index (χ4v) is 3.41. The standard InChI is InChI=1S/C19H22N6O/c1-14(15-5-3-2-4-6-15)21-19(26)16-9-11-24(12-10-16)18-8-7-17-22-20-13-25(17)23-18/h2-8,13-14,16H,9-12H2,1H3,(H,21,26)/t14-/m0/s1. The number of anilines is 1. The van der Waals surface area contributed by atoms with Crippen molar-refractivity contribution in [2.24, 2.45) is 5.92 Å². The summed E-state index contributed by atoms with van der Waals surface area (Å²) in [6.07, 6.45) is 3.26. The minimum absolute atomic E-state index is 0.0274. The number of aromatic nitrogens is 4. The molecule has 4 rings (SSSR count). The van der Waals surface area contributed by atoms with E-state index in [9.17, 15) is 4.79 Å². The van der Waals surface area contributed by atoms with Gasteiger partial charge in [-0.2, -0.15) is 4.52 Å². The van der Waals surface area contributed by atoms with Crippen molar-refractivity contribution in [3.8, 4) is 0 Å². The number of carbonyl (C=O) groups excluding carboxylic acids is 1. The summed E-state index contributed by atoms with van der Waals surface area (Å²) in [5.41, 5.74) is 1.86. The lowest BCUT2D eigenvalue weighted by molar-refractivity contribution is -0.126. The summed E-state index contributed by atoms with van der Waals surface area (Å²) in [7, 11) is 0. The van der Waals surface area contributed by atoms with Gasteiger partial charge in [0, 0.05) is 19.0 Å². The molecule has 3 aromatic rings. The van der Waals surface area contributed by atoms with E-state index in [-0.39, 0.29) is 17.9 Å². The molecule has 2 aromatic heterocycles. The molecule has 1 amide bonds. The Morgan fingerprint density at radius 2 is 1.92 bits per heavy atom. The minimum Gasteiger partial charge on any atom is -0.355 e. The molecule has 7 nitrogen and oxygen atoms in total. The lowest BCUT2D eigenvalue weighted by atomic mass is 9.95. The molecular formula is C19H22N6O. The fraction of sp³-hybridized carbons (Fsp3) is 0.368. The molecule has 1 aliphatic rings. The lowest BCUT2D eigenvalue weighted by Gasteiger charge is -2.32. The quantitative estimate of drug-likeness (QED) is 0.781. The smallest absolute Gasteiger partial charge is 0.223 e. The number of benzene rings is 1. The number of nitrogens with zero attached hydrogens (tertiary/aromatic N) is 5. The van der Waals surface area contributed by atoms with Crippen molar-refractivity contribution in [2.75, 3.05) is 18.0 Å². The number of nitrogens with one attached hydrogen (secondary N) is 1. The van der Waals surface area contributed by atoms with Gasteiger partial charge in [-0.05, 0) is 37.5 Å². The highest BCUT2D eigenvalue weighted by Gasteiger charge is 2.26. The number of carbonyl (C=O) groups is 1. The molecule has 0 aliphatic carbocycles. The van der Waals surface area contributed by atoms with Crippen LogP contribution in [0.15, 0.2) is 48.8 Å². The van der Waals surface area contributed by atoms with E-state index in [1.807, 2.05) is 49.4 Å². The molecular weight excluding hydrogens is 328 g/mol. The number of rotatable bonds is 4. The van der Waals surface area contributed by atoms with Crippen molar-refractivity contribution >= 4 is 17.4 Å². The molecule has 0 bridgehead atoms. The first kappa shape index (κ1) is 16.5. The average Bonchev–Trinajstić information content (AvgIpc) is 3.16. The molecule has 0 spiro atoms. The first-order chi connectivity index (χ1) is 12.7. The average molecular weight is 350 g/mol. The molecule has 1 aliphatic heterocycles. The van der Waals surface area contributed by atoms with Gasteiger partial charge in [-0.1, -0.05) is 30.3 Å².